The molecule has 1 saturated heterocycles. The van der Waals surface area contributed by atoms with Crippen LogP contribution in [-0.2, 0) is 9.47 Å². The fraction of sp³-hybridized carbons (Fsp3) is 0.708. The molecule has 1 aliphatic heterocycles. The van der Waals surface area contributed by atoms with Crippen molar-refractivity contribution in [3.05, 3.63) is 24.0 Å². The Balaban J connectivity index is 1.32. The monoisotopic (exact) mass is 400 g/mol. The van der Waals surface area contributed by atoms with E-state index >= 15 is 0 Å². The number of rotatable bonds is 6. The smallest absolute Gasteiger partial charge is 0.138 e. The molecular weight excluding hydrogens is 364 g/mol. The van der Waals surface area contributed by atoms with E-state index in [4.69, 9.17) is 14.2 Å². The molecule has 29 heavy (non-hydrogen) atoms. The van der Waals surface area contributed by atoms with Gasteiger partial charge in [0.25, 0.3) is 0 Å². The second-order valence-corrected chi connectivity index (χ2v) is 10.1. The van der Waals surface area contributed by atoms with Crippen molar-refractivity contribution in [3.63, 3.8) is 0 Å². The first kappa shape index (κ1) is 22.1. The quantitative estimate of drug-likeness (QED) is 0.674. The van der Waals surface area contributed by atoms with Crippen molar-refractivity contribution < 1.29 is 14.2 Å². The lowest BCUT2D eigenvalue weighted by atomic mass is 9.91. The maximum atomic E-state index is 5.96. The Hall–Kier alpha value is -1.61. The van der Waals surface area contributed by atoms with Gasteiger partial charge in [0, 0.05) is 38.9 Å². The van der Waals surface area contributed by atoms with E-state index in [0.29, 0.717) is 12.2 Å². The zero-order valence-electron chi connectivity index (χ0n) is 18.8. The van der Waals surface area contributed by atoms with Gasteiger partial charge in [0.1, 0.15) is 17.5 Å². The van der Waals surface area contributed by atoms with E-state index in [0.717, 1.165) is 50.3 Å². The summed E-state index contributed by atoms with van der Waals surface area (Å²) in [4.78, 5) is 6.79. The highest BCUT2D eigenvalue weighted by atomic mass is 16.5. The standard InChI is InChI=1S/C24H36N2O3/c1-23(2,3)28-21-13-20(14-21)27-19-11-10-18(25-15-19)9-7-8-12-26-16-22(17-26)29-24(4,5)6/h10-11,15,20-22H,8,12-14,16-17H2,1-6H3. The highest BCUT2D eigenvalue weighted by Crippen LogP contribution is 2.31. The van der Waals surface area contributed by atoms with Crippen LogP contribution in [0.15, 0.2) is 18.3 Å². The maximum absolute atomic E-state index is 5.96. The normalized spacial score (nSPS) is 23.0. The van der Waals surface area contributed by atoms with Crippen molar-refractivity contribution in [2.75, 3.05) is 19.6 Å². The number of likely N-dealkylation sites (tertiary alicyclic amines) is 1. The van der Waals surface area contributed by atoms with E-state index in [-0.39, 0.29) is 17.3 Å². The molecule has 3 rings (SSSR count). The Bertz CT molecular complexity index is 710. The van der Waals surface area contributed by atoms with Crippen molar-refractivity contribution in [1.82, 2.24) is 9.88 Å². The van der Waals surface area contributed by atoms with Gasteiger partial charge in [0.05, 0.1) is 29.6 Å². The average molecular weight is 401 g/mol. The molecule has 1 aliphatic carbocycles. The highest BCUT2D eigenvalue weighted by molar-refractivity contribution is 5.31. The van der Waals surface area contributed by atoms with Gasteiger partial charge in [-0.25, -0.2) is 4.98 Å². The second-order valence-electron chi connectivity index (χ2n) is 10.1. The number of hydrogen-bond donors (Lipinski definition) is 0. The van der Waals surface area contributed by atoms with Crippen LogP contribution in [0.25, 0.3) is 0 Å². The number of ether oxygens (including phenoxy) is 3. The molecule has 0 bridgehead atoms. The Kier molecular flexibility index (Phi) is 6.88. The molecule has 1 saturated carbocycles. The first-order valence-corrected chi connectivity index (χ1v) is 10.8. The SMILES string of the molecule is CC(C)(C)OC1CC(Oc2ccc(C#CCCN3CC(OC(C)(C)C)C3)nc2)C1. The molecule has 2 fully saturated rings. The maximum Gasteiger partial charge on any atom is 0.138 e. The van der Waals surface area contributed by atoms with Crippen molar-refractivity contribution in [2.24, 2.45) is 0 Å². The summed E-state index contributed by atoms with van der Waals surface area (Å²) in [5, 5.41) is 0. The molecule has 0 radical (unpaired) electrons. The summed E-state index contributed by atoms with van der Waals surface area (Å²) in [7, 11) is 0. The third-order valence-corrected chi connectivity index (χ3v) is 4.82. The van der Waals surface area contributed by atoms with Gasteiger partial charge >= 0.3 is 0 Å². The van der Waals surface area contributed by atoms with Crippen molar-refractivity contribution >= 4 is 0 Å². The molecular formula is C24H36N2O3. The lowest BCUT2D eigenvalue weighted by molar-refractivity contribution is -0.126. The summed E-state index contributed by atoms with van der Waals surface area (Å²) in [6, 6.07) is 3.89. The van der Waals surface area contributed by atoms with Crippen LogP contribution in [0.3, 0.4) is 0 Å². The van der Waals surface area contributed by atoms with Crippen LogP contribution >= 0.6 is 0 Å². The van der Waals surface area contributed by atoms with Gasteiger partial charge in [-0.2, -0.15) is 0 Å². The Morgan fingerprint density at radius 3 is 2.21 bits per heavy atom. The molecule has 0 atom stereocenters. The molecule has 0 spiro atoms. The molecule has 5 nitrogen and oxygen atoms in total. The molecule has 1 aromatic rings. The number of nitrogens with zero attached hydrogens (tertiary/aromatic N) is 2. The lowest BCUT2D eigenvalue weighted by Gasteiger charge is -2.41. The fourth-order valence-electron chi connectivity index (χ4n) is 3.57. The van der Waals surface area contributed by atoms with E-state index in [1.807, 2.05) is 12.1 Å². The molecule has 160 valence electrons. The highest BCUT2D eigenvalue weighted by Gasteiger charge is 2.34. The van der Waals surface area contributed by atoms with E-state index in [2.05, 4.69) is 63.3 Å². The zero-order valence-corrected chi connectivity index (χ0v) is 18.8. The summed E-state index contributed by atoms with van der Waals surface area (Å²) in [5.41, 5.74) is 0.644. The third kappa shape index (κ3) is 7.62. The average Bonchev–Trinajstić information content (AvgIpc) is 2.53. The van der Waals surface area contributed by atoms with Crippen LogP contribution in [0.4, 0.5) is 0 Å². The summed E-state index contributed by atoms with van der Waals surface area (Å²) in [5.74, 6) is 7.17. The molecule has 0 unspecified atom stereocenters. The predicted molar refractivity (Wildman–Crippen MR) is 115 cm³/mol. The summed E-state index contributed by atoms with van der Waals surface area (Å²) in [6.07, 6.45) is 5.39. The fourth-order valence-corrected chi connectivity index (χ4v) is 3.57. The molecule has 2 heterocycles. The number of aromatic nitrogens is 1. The Morgan fingerprint density at radius 1 is 0.966 bits per heavy atom. The first-order valence-electron chi connectivity index (χ1n) is 10.8. The number of pyridine rings is 1. The van der Waals surface area contributed by atoms with Crippen LogP contribution in [0.2, 0.25) is 0 Å². The molecule has 1 aromatic heterocycles. The summed E-state index contributed by atoms with van der Waals surface area (Å²) in [6.45, 7) is 15.6. The Morgan fingerprint density at radius 2 is 1.62 bits per heavy atom. The zero-order chi connectivity index (χ0) is 21.1. The van der Waals surface area contributed by atoms with E-state index in [1.165, 1.54) is 0 Å². The minimum absolute atomic E-state index is 0.0569. The third-order valence-electron chi connectivity index (χ3n) is 4.82. The second kappa shape index (κ2) is 9.04. The molecule has 0 aromatic carbocycles. The van der Waals surface area contributed by atoms with Gasteiger partial charge in [-0.05, 0) is 59.6 Å². The van der Waals surface area contributed by atoms with Gasteiger partial charge in [0.2, 0.25) is 0 Å². The van der Waals surface area contributed by atoms with Crippen molar-refractivity contribution in [2.45, 2.75) is 90.3 Å². The van der Waals surface area contributed by atoms with E-state index in [1.54, 1.807) is 6.20 Å². The van der Waals surface area contributed by atoms with Crippen molar-refractivity contribution in [3.8, 4) is 17.6 Å². The molecule has 5 heteroatoms. The van der Waals surface area contributed by atoms with Gasteiger partial charge < -0.3 is 14.2 Å². The minimum Gasteiger partial charge on any atom is -0.489 e. The van der Waals surface area contributed by atoms with Gasteiger partial charge in [0.15, 0.2) is 0 Å². The van der Waals surface area contributed by atoms with Gasteiger partial charge in [-0.3, -0.25) is 4.90 Å². The summed E-state index contributed by atoms with van der Waals surface area (Å²) < 4.78 is 17.9. The Labute approximate surface area is 176 Å². The van der Waals surface area contributed by atoms with Crippen LogP contribution in [-0.4, -0.2) is 59.0 Å². The van der Waals surface area contributed by atoms with Crippen LogP contribution in [0.1, 0.15) is 66.5 Å². The topological polar surface area (TPSA) is 43.8 Å². The van der Waals surface area contributed by atoms with Gasteiger partial charge in [-0.15, -0.1) is 0 Å². The minimum atomic E-state index is -0.0882. The number of hydrogen-bond acceptors (Lipinski definition) is 5. The molecule has 0 N–H and O–H groups in total. The van der Waals surface area contributed by atoms with Crippen LogP contribution in [0.5, 0.6) is 5.75 Å². The summed E-state index contributed by atoms with van der Waals surface area (Å²) >= 11 is 0. The lowest BCUT2D eigenvalue weighted by Crippen LogP contribution is -2.54. The molecule has 0 amide bonds. The van der Waals surface area contributed by atoms with E-state index in [9.17, 15) is 0 Å². The largest absolute Gasteiger partial charge is 0.489 e. The van der Waals surface area contributed by atoms with E-state index < -0.39 is 0 Å². The van der Waals surface area contributed by atoms with Crippen LogP contribution < -0.4 is 4.74 Å². The van der Waals surface area contributed by atoms with Crippen LogP contribution in [0, 0.1) is 11.8 Å². The molecule has 2 aliphatic rings. The first-order chi connectivity index (χ1) is 13.6. The van der Waals surface area contributed by atoms with Crippen molar-refractivity contribution in [1.29, 1.82) is 0 Å². The predicted octanol–water partition coefficient (Wildman–Crippen LogP) is 4.05. The van der Waals surface area contributed by atoms with Gasteiger partial charge in [-0.1, -0.05) is 5.92 Å².